The van der Waals surface area contributed by atoms with E-state index in [9.17, 15) is 23.2 Å². The van der Waals surface area contributed by atoms with Crippen LogP contribution in [-0.4, -0.2) is 71.7 Å². The second-order valence-electron chi connectivity index (χ2n) is 9.72. The highest BCUT2D eigenvalue weighted by molar-refractivity contribution is 6.31. The van der Waals surface area contributed by atoms with Crippen LogP contribution in [0.3, 0.4) is 0 Å². The quantitative estimate of drug-likeness (QED) is 0.286. The van der Waals surface area contributed by atoms with Crippen LogP contribution in [-0.2, 0) is 20.8 Å². The van der Waals surface area contributed by atoms with Crippen molar-refractivity contribution in [2.24, 2.45) is 0 Å². The number of carbonyl (C=O) groups excluding carboxylic acids is 3. The number of tetrazole rings is 1. The number of piperazine rings is 1. The van der Waals surface area contributed by atoms with Gasteiger partial charge in [-0.25, -0.2) is 4.68 Å². The van der Waals surface area contributed by atoms with Crippen LogP contribution in [0.2, 0.25) is 5.02 Å². The lowest BCUT2D eigenvalue weighted by atomic mass is 10.0. The molecule has 0 aliphatic carbocycles. The van der Waals surface area contributed by atoms with Gasteiger partial charge in [0.15, 0.2) is 0 Å². The van der Waals surface area contributed by atoms with E-state index in [4.69, 9.17) is 11.6 Å². The molecule has 1 fully saturated rings. The van der Waals surface area contributed by atoms with Crippen molar-refractivity contribution in [3.8, 4) is 5.69 Å². The third-order valence-electron chi connectivity index (χ3n) is 7.04. The van der Waals surface area contributed by atoms with Crippen LogP contribution in [0.25, 0.3) is 16.6 Å². The molecule has 15 heteroatoms. The Morgan fingerprint density at radius 2 is 1.79 bits per heavy atom. The van der Waals surface area contributed by atoms with Gasteiger partial charge < -0.3 is 10.2 Å². The Hall–Kier alpha value is -5.24. The lowest BCUT2D eigenvalue weighted by molar-refractivity contribution is -0.143. The molecule has 1 unspecified atom stereocenters. The summed E-state index contributed by atoms with van der Waals surface area (Å²) in [7, 11) is 0. The fourth-order valence-electron chi connectivity index (χ4n) is 5.01. The number of aromatic nitrogens is 6. The average Bonchev–Trinajstić information content (AvgIpc) is 3.68. The van der Waals surface area contributed by atoms with Crippen molar-refractivity contribution < 1.29 is 23.2 Å². The average molecular weight is 606 g/mol. The summed E-state index contributed by atoms with van der Waals surface area (Å²) in [6.07, 6.45) is 2.76. The van der Waals surface area contributed by atoms with Gasteiger partial charge in [0.25, 0.3) is 0 Å². The van der Waals surface area contributed by atoms with Gasteiger partial charge in [0.05, 0.1) is 23.1 Å². The zero-order valence-corrected chi connectivity index (χ0v) is 23.0. The molecule has 3 amide bonds. The van der Waals surface area contributed by atoms with Crippen LogP contribution in [0, 0.1) is 0 Å². The van der Waals surface area contributed by atoms with E-state index in [-0.39, 0.29) is 25.0 Å². The number of hydrogen-bond donors (Lipinski definition) is 1. The smallest absolute Gasteiger partial charge is 0.324 e. The highest BCUT2D eigenvalue weighted by Crippen LogP contribution is 2.30. The molecule has 218 valence electrons. The molecule has 5 aromatic rings. The lowest BCUT2D eigenvalue weighted by Gasteiger charge is -2.38. The summed E-state index contributed by atoms with van der Waals surface area (Å²) >= 11 is 6.23. The first kappa shape index (κ1) is 27.9. The molecule has 1 N–H and O–H groups in total. The molecular formula is C28H22ClF2N9O3. The van der Waals surface area contributed by atoms with Gasteiger partial charge >= 0.3 is 6.55 Å². The zero-order valence-electron chi connectivity index (χ0n) is 22.2. The van der Waals surface area contributed by atoms with E-state index < -0.39 is 30.3 Å². The second-order valence-corrected chi connectivity index (χ2v) is 10.2. The number of alkyl halides is 2. The summed E-state index contributed by atoms with van der Waals surface area (Å²) in [6.45, 7) is -3.55. The van der Waals surface area contributed by atoms with Gasteiger partial charge in [0, 0.05) is 22.5 Å². The van der Waals surface area contributed by atoms with E-state index in [1.807, 2.05) is 30.3 Å². The van der Waals surface area contributed by atoms with Crippen molar-refractivity contribution in [3.05, 3.63) is 89.8 Å². The fraction of sp³-hybridized carbons (Fsp3) is 0.179. The SMILES string of the molecule is O=C(Nc1ccc2c(cnn2C(F)F)c1)C(Cc1ccccc1)N1CC(=O)N(c2cc(Cl)ccc2-n2cnnn2)CC1=O. The highest BCUT2D eigenvalue weighted by Gasteiger charge is 2.39. The number of rotatable bonds is 8. The Morgan fingerprint density at radius 1 is 0.977 bits per heavy atom. The Bertz CT molecular complexity index is 1820. The van der Waals surface area contributed by atoms with E-state index in [1.165, 1.54) is 45.2 Å². The Balaban J connectivity index is 1.28. The van der Waals surface area contributed by atoms with E-state index in [1.54, 1.807) is 18.2 Å². The Kier molecular flexibility index (Phi) is 7.50. The van der Waals surface area contributed by atoms with Gasteiger partial charge in [-0.05, 0) is 52.4 Å². The summed E-state index contributed by atoms with van der Waals surface area (Å²) in [5.41, 5.74) is 2.07. The Morgan fingerprint density at radius 3 is 2.53 bits per heavy atom. The largest absolute Gasteiger partial charge is 0.333 e. The van der Waals surface area contributed by atoms with E-state index in [2.05, 4.69) is 25.9 Å². The predicted molar refractivity (Wildman–Crippen MR) is 152 cm³/mol. The standard InChI is InChI=1S/C28H22ClF2N9O3/c29-19-6-8-22(39-16-32-35-36-39)23(12-19)37-14-26(42)38(15-25(37)41)24(10-17-4-2-1-3-5-17)27(43)34-20-7-9-21-18(11-20)13-33-40(21)28(30)31/h1-9,11-13,16,24,28H,10,14-15H2,(H,34,43). The Labute approximate surface area is 247 Å². The van der Waals surface area contributed by atoms with E-state index in [0.717, 1.165) is 5.56 Å². The number of amides is 3. The number of benzene rings is 3. The number of anilines is 2. The normalized spacial score (nSPS) is 14.5. The van der Waals surface area contributed by atoms with Crippen molar-refractivity contribution in [2.45, 2.75) is 19.0 Å². The third-order valence-corrected chi connectivity index (χ3v) is 7.28. The maximum absolute atomic E-state index is 13.7. The summed E-state index contributed by atoms with van der Waals surface area (Å²) in [4.78, 5) is 43.4. The van der Waals surface area contributed by atoms with Gasteiger partial charge in [-0.1, -0.05) is 41.9 Å². The monoisotopic (exact) mass is 605 g/mol. The van der Waals surface area contributed by atoms with Crippen LogP contribution >= 0.6 is 11.6 Å². The molecule has 12 nitrogen and oxygen atoms in total. The minimum absolute atomic E-state index is 0.129. The number of nitrogens with zero attached hydrogens (tertiary/aromatic N) is 8. The van der Waals surface area contributed by atoms with E-state index >= 15 is 0 Å². The maximum Gasteiger partial charge on any atom is 0.333 e. The second kappa shape index (κ2) is 11.6. The first-order valence-corrected chi connectivity index (χ1v) is 13.4. The first-order valence-electron chi connectivity index (χ1n) is 13.0. The summed E-state index contributed by atoms with van der Waals surface area (Å²) < 4.78 is 28.4. The molecule has 3 aromatic carbocycles. The van der Waals surface area contributed by atoms with Crippen LogP contribution in [0.4, 0.5) is 20.2 Å². The van der Waals surface area contributed by atoms with Gasteiger partial charge in [-0.15, -0.1) is 5.10 Å². The van der Waals surface area contributed by atoms with E-state index in [0.29, 0.717) is 32.2 Å². The molecule has 6 rings (SSSR count). The minimum Gasteiger partial charge on any atom is -0.324 e. The topological polar surface area (TPSA) is 131 Å². The molecule has 1 saturated heterocycles. The molecule has 2 aromatic heterocycles. The van der Waals surface area contributed by atoms with Crippen molar-refractivity contribution in [1.82, 2.24) is 34.9 Å². The van der Waals surface area contributed by atoms with Gasteiger partial charge in [-0.2, -0.15) is 18.6 Å². The molecule has 0 radical (unpaired) electrons. The number of hydrogen-bond acceptors (Lipinski definition) is 7. The van der Waals surface area contributed by atoms with Crippen LogP contribution in [0.15, 0.2) is 79.3 Å². The molecule has 0 spiro atoms. The zero-order chi connectivity index (χ0) is 30.1. The molecule has 1 atom stereocenters. The summed E-state index contributed by atoms with van der Waals surface area (Å²) in [5.74, 6) is -1.45. The molecule has 0 saturated carbocycles. The summed E-state index contributed by atoms with van der Waals surface area (Å²) in [5, 5.41) is 18.4. The van der Waals surface area contributed by atoms with Crippen molar-refractivity contribution in [1.29, 1.82) is 0 Å². The summed E-state index contributed by atoms with van der Waals surface area (Å²) in [6, 6.07) is 17.2. The molecule has 1 aliphatic rings. The minimum atomic E-state index is -2.81. The number of fused-ring (bicyclic) bond motifs is 1. The molecule has 3 heterocycles. The molecule has 43 heavy (non-hydrogen) atoms. The van der Waals surface area contributed by atoms with Gasteiger partial charge in [0.2, 0.25) is 17.7 Å². The van der Waals surface area contributed by atoms with Crippen LogP contribution in [0.1, 0.15) is 12.1 Å². The third kappa shape index (κ3) is 5.64. The number of nitrogens with one attached hydrogen (secondary N) is 1. The maximum atomic E-state index is 13.7. The van der Waals surface area contributed by atoms with Crippen molar-refractivity contribution in [3.63, 3.8) is 0 Å². The van der Waals surface area contributed by atoms with Crippen molar-refractivity contribution >= 4 is 51.6 Å². The van der Waals surface area contributed by atoms with Crippen LogP contribution in [0.5, 0.6) is 0 Å². The number of halogens is 3. The highest BCUT2D eigenvalue weighted by atomic mass is 35.5. The first-order chi connectivity index (χ1) is 20.8. The van der Waals surface area contributed by atoms with Gasteiger partial charge in [-0.3, -0.25) is 19.3 Å². The molecular weight excluding hydrogens is 584 g/mol. The van der Waals surface area contributed by atoms with Gasteiger partial charge in [0.1, 0.15) is 25.5 Å². The predicted octanol–water partition coefficient (Wildman–Crippen LogP) is 3.49. The lowest BCUT2D eigenvalue weighted by Crippen LogP contribution is -2.60. The van der Waals surface area contributed by atoms with Crippen molar-refractivity contribution in [2.75, 3.05) is 23.3 Å². The fourth-order valence-corrected chi connectivity index (χ4v) is 5.18. The number of carbonyl (C=O) groups is 3. The molecule has 1 aliphatic heterocycles. The molecule has 0 bridgehead atoms. The van der Waals surface area contributed by atoms with Crippen LogP contribution < -0.4 is 10.2 Å².